The van der Waals surface area contributed by atoms with Crippen LogP contribution in [0.25, 0.3) is 6.08 Å². The third-order valence-electron chi connectivity index (χ3n) is 3.59. The van der Waals surface area contributed by atoms with E-state index in [0.29, 0.717) is 23.5 Å². The molecule has 0 bridgehead atoms. The van der Waals surface area contributed by atoms with E-state index in [-0.39, 0.29) is 11.5 Å². The van der Waals surface area contributed by atoms with Crippen LogP contribution >= 0.6 is 0 Å². The lowest BCUT2D eigenvalue weighted by Gasteiger charge is -2.12. The van der Waals surface area contributed by atoms with Crippen LogP contribution in [-0.4, -0.2) is 25.1 Å². The molecule has 0 unspecified atom stereocenters. The molecule has 2 aromatic rings. The fraction of sp³-hybridized carbons (Fsp3) is 0.150. The maximum absolute atomic E-state index is 12.3. The highest BCUT2D eigenvalue weighted by atomic mass is 16.5. The summed E-state index contributed by atoms with van der Waals surface area (Å²) >= 11 is 0. The number of carbonyl (C=O) groups excluding carboxylic acids is 1. The third-order valence-corrected chi connectivity index (χ3v) is 3.59. The molecular weight excluding hydrogens is 304 g/mol. The Bertz CT molecular complexity index is 758. The summed E-state index contributed by atoms with van der Waals surface area (Å²) < 4.78 is 10.7. The summed E-state index contributed by atoms with van der Waals surface area (Å²) in [6.07, 6.45) is 5.62. The first-order chi connectivity index (χ1) is 11.6. The second-order valence-corrected chi connectivity index (χ2v) is 5.13. The average Bonchev–Trinajstić information content (AvgIpc) is 2.61. The number of carbonyl (C=O) groups is 1. The molecular formula is C20H20O4. The van der Waals surface area contributed by atoms with Crippen LogP contribution < -0.4 is 9.47 Å². The highest BCUT2D eigenvalue weighted by Gasteiger charge is 2.10. The van der Waals surface area contributed by atoms with Crippen molar-refractivity contribution in [3.8, 4) is 17.2 Å². The largest absolute Gasteiger partial charge is 0.508 e. The summed E-state index contributed by atoms with van der Waals surface area (Å²) in [4.78, 5) is 12.3. The van der Waals surface area contributed by atoms with E-state index < -0.39 is 0 Å². The lowest BCUT2D eigenvalue weighted by Crippen LogP contribution is -1.98. The Morgan fingerprint density at radius 3 is 2.46 bits per heavy atom. The lowest BCUT2D eigenvalue weighted by atomic mass is 10.0. The van der Waals surface area contributed by atoms with Crippen LogP contribution in [0.15, 0.2) is 55.1 Å². The van der Waals surface area contributed by atoms with E-state index in [1.165, 1.54) is 18.2 Å². The summed E-state index contributed by atoms with van der Waals surface area (Å²) in [5.74, 6) is 1.31. The molecule has 0 amide bonds. The average molecular weight is 324 g/mol. The lowest BCUT2D eigenvalue weighted by molar-refractivity contribution is 0.104. The van der Waals surface area contributed by atoms with Gasteiger partial charge in [-0.1, -0.05) is 12.2 Å². The minimum absolute atomic E-state index is 0.126. The third kappa shape index (κ3) is 4.04. The molecule has 2 rings (SSSR count). The van der Waals surface area contributed by atoms with Gasteiger partial charge in [-0.25, -0.2) is 0 Å². The van der Waals surface area contributed by atoms with Crippen molar-refractivity contribution in [3.63, 3.8) is 0 Å². The van der Waals surface area contributed by atoms with Gasteiger partial charge in [0.2, 0.25) is 0 Å². The molecule has 0 radical (unpaired) electrons. The Morgan fingerprint density at radius 2 is 1.88 bits per heavy atom. The number of allylic oxidation sites excluding steroid dienone is 2. The van der Waals surface area contributed by atoms with Crippen molar-refractivity contribution >= 4 is 11.9 Å². The van der Waals surface area contributed by atoms with Gasteiger partial charge < -0.3 is 14.6 Å². The molecule has 2 aromatic carbocycles. The summed E-state index contributed by atoms with van der Waals surface area (Å²) in [6, 6.07) is 9.79. The number of phenolic OH excluding ortho intramolecular Hbond substituents is 1. The van der Waals surface area contributed by atoms with Crippen LogP contribution in [0.2, 0.25) is 0 Å². The van der Waals surface area contributed by atoms with Gasteiger partial charge in [0.15, 0.2) is 5.78 Å². The molecule has 0 saturated carbocycles. The standard InChI is InChI=1S/C20H20O4/c1-4-5-18-15(12-17(23-2)13-20(18)24-3)8-11-19(22)14-6-9-16(21)10-7-14/h4,6-13,21H,1,5H2,2-3H3/b11-8+. The highest BCUT2D eigenvalue weighted by Crippen LogP contribution is 2.30. The number of ketones is 1. The fourth-order valence-electron chi connectivity index (χ4n) is 2.34. The van der Waals surface area contributed by atoms with Gasteiger partial charge in [0, 0.05) is 17.2 Å². The van der Waals surface area contributed by atoms with Crippen LogP contribution in [-0.2, 0) is 6.42 Å². The number of hydrogen-bond acceptors (Lipinski definition) is 4. The Labute approximate surface area is 141 Å². The first kappa shape index (κ1) is 17.3. The van der Waals surface area contributed by atoms with E-state index in [9.17, 15) is 9.90 Å². The Morgan fingerprint density at radius 1 is 1.17 bits per heavy atom. The molecule has 0 aliphatic carbocycles. The second kappa shape index (κ2) is 8.02. The summed E-state index contributed by atoms with van der Waals surface area (Å²) in [6.45, 7) is 3.76. The molecule has 0 aromatic heterocycles. The molecule has 4 heteroatoms. The van der Waals surface area contributed by atoms with E-state index in [4.69, 9.17) is 9.47 Å². The Hall–Kier alpha value is -3.01. The predicted molar refractivity (Wildman–Crippen MR) is 94.9 cm³/mol. The summed E-state index contributed by atoms with van der Waals surface area (Å²) in [5.41, 5.74) is 2.27. The second-order valence-electron chi connectivity index (χ2n) is 5.13. The van der Waals surface area contributed by atoms with Gasteiger partial charge in [-0.3, -0.25) is 4.79 Å². The predicted octanol–water partition coefficient (Wildman–Crippen LogP) is 4.03. The molecule has 0 spiro atoms. The maximum Gasteiger partial charge on any atom is 0.185 e. The van der Waals surface area contributed by atoms with E-state index in [1.807, 2.05) is 6.07 Å². The molecule has 0 fully saturated rings. The van der Waals surface area contributed by atoms with Crippen LogP contribution in [0.4, 0.5) is 0 Å². The van der Waals surface area contributed by atoms with Crippen molar-refractivity contribution in [2.24, 2.45) is 0 Å². The molecule has 0 aliphatic heterocycles. The van der Waals surface area contributed by atoms with Crippen molar-refractivity contribution in [2.45, 2.75) is 6.42 Å². The van der Waals surface area contributed by atoms with Crippen LogP contribution in [0.5, 0.6) is 17.2 Å². The van der Waals surface area contributed by atoms with Crippen molar-refractivity contribution in [1.29, 1.82) is 0 Å². The van der Waals surface area contributed by atoms with Crippen LogP contribution in [0.1, 0.15) is 21.5 Å². The molecule has 1 N–H and O–H groups in total. The first-order valence-electron chi connectivity index (χ1n) is 7.46. The number of phenols is 1. The molecule has 24 heavy (non-hydrogen) atoms. The summed E-state index contributed by atoms with van der Waals surface area (Å²) in [7, 11) is 3.17. The molecule has 0 aliphatic rings. The Balaban J connectivity index is 2.37. The van der Waals surface area contributed by atoms with Gasteiger partial charge >= 0.3 is 0 Å². The minimum Gasteiger partial charge on any atom is -0.508 e. The smallest absolute Gasteiger partial charge is 0.185 e. The molecule has 124 valence electrons. The first-order valence-corrected chi connectivity index (χ1v) is 7.46. The quantitative estimate of drug-likeness (QED) is 0.474. The van der Waals surface area contributed by atoms with Crippen LogP contribution in [0.3, 0.4) is 0 Å². The summed E-state index contributed by atoms with van der Waals surface area (Å²) in [5, 5.41) is 9.29. The van der Waals surface area contributed by atoms with E-state index in [1.54, 1.807) is 44.6 Å². The number of aromatic hydroxyl groups is 1. The highest BCUT2D eigenvalue weighted by molar-refractivity contribution is 6.07. The SMILES string of the molecule is C=CCc1c(/C=C/C(=O)c2ccc(O)cc2)cc(OC)cc1OC. The number of benzene rings is 2. The van der Waals surface area contributed by atoms with Crippen molar-refractivity contribution in [2.75, 3.05) is 14.2 Å². The Kier molecular flexibility index (Phi) is 5.79. The van der Waals surface area contributed by atoms with Gasteiger partial charge in [-0.2, -0.15) is 0 Å². The van der Waals surface area contributed by atoms with E-state index >= 15 is 0 Å². The van der Waals surface area contributed by atoms with Crippen molar-refractivity contribution in [3.05, 3.63) is 71.8 Å². The monoisotopic (exact) mass is 324 g/mol. The van der Waals surface area contributed by atoms with Gasteiger partial charge in [0.1, 0.15) is 17.2 Å². The van der Waals surface area contributed by atoms with Gasteiger partial charge in [0.25, 0.3) is 0 Å². The fourth-order valence-corrected chi connectivity index (χ4v) is 2.34. The number of hydrogen-bond donors (Lipinski definition) is 1. The molecule has 0 heterocycles. The normalized spacial score (nSPS) is 10.6. The zero-order chi connectivity index (χ0) is 17.5. The minimum atomic E-state index is -0.152. The van der Waals surface area contributed by atoms with Crippen LogP contribution in [0, 0.1) is 0 Å². The molecule has 4 nitrogen and oxygen atoms in total. The van der Waals surface area contributed by atoms with E-state index in [0.717, 1.165) is 11.1 Å². The molecule has 0 atom stereocenters. The van der Waals surface area contributed by atoms with E-state index in [2.05, 4.69) is 6.58 Å². The van der Waals surface area contributed by atoms with Gasteiger partial charge in [-0.15, -0.1) is 6.58 Å². The topological polar surface area (TPSA) is 55.8 Å². The number of ether oxygens (including phenoxy) is 2. The van der Waals surface area contributed by atoms with Crippen molar-refractivity contribution < 1.29 is 19.4 Å². The zero-order valence-corrected chi connectivity index (χ0v) is 13.8. The van der Waals surface area contributed by atoms with Gasteiger partial charge in [0.05, 0.1) is 14.2 Å². The zero-order valence-electron chi connectivity index (χ0n) is 13.8. The number of methoxy groups -OCH3 is 2. The number of rotatable bonds is 7. The van der Waals surface area contributed by atoms with Crippen molar-refractivity contribution in [1.82, 2.24) is 0 Å². The van der Waals surface area contributed by atoms with Gasteiger partial charge in [-0.05, 0) is 48.4 Å². The maximum atomic E-state index is 12.3. The molecule has 0 saturated heterocycles.